The van der Waals surface area contributed by atoms with Crippen molar-refractivity contribution in [2.75, 3.05) is 24.2 Å². The number of anilines is 1. The molecule has 7 heteroatoms. The highest BCUT2D eigenvalue weighted by atomic mass is 35.5. The number of nitrogens with one attached hydrogen (secondary N) is 1. The summed E-state index contributed by atoms with van der Waals surface area (Å²) in [4.78, 5) is 18.4. The summed E-state index contributed by atoms with van der Waals surface area (Å²) in [6.07, 6.45) is 3.40. The predicted octanol–water partition coefficient (Wildman–Crippen LogP) is 4.17. The van der Waals surface area contributed by atoms with Crippen molar-refractivity contribution in [2.45, 2.75) is 5.37 Å². The Morgan fingerprint density at radius 3 is 3.12 bits per heavy atom. The van der Waals surface area contributed by atoms with Crippen molar-refractivity contribution in [3.8, 4) is 0 Å². The van der Waals surface area contributed by atoms with Crippen LogP contribution in [0, 0.1) is 0 Å². The number of thioether (sulfide) groups is 1. The molecule has 1 aliphatic rings. The van der Waals surface area contributed by atoms with Crippen LogP contribution < -0.4 is 5.32 Å². The summed E-state index contributed by atoms with van der Waals surface area (Å²) in [7, 11) is 0. The van der Waals surface area contributed by atoms with Crippen molar-refractivity contribution in [3.05, 3.63) is 59.6 Å². The Bertz CT molecular complexity index is 900. The van der Waals surface area contributed by atoms with Crippen LogP contribution in [0.3, 0.4) is 0 Å². The van der Waals surface area contributed by atoms with Crippen molar-refractivity contribution in [2.24, 2.45) is 0 Å². The fraction of sp³-hybridized carbons (Fsp3) is 0.222. The summed E-state index contributed by atoms with van der Waals surface area (Å²) in [6, 6.07) is 11.3. The number of pyridine rings is 1. The number of halogens is 1. The average Bonchev–Trinajstić information content (AvgIpc) is 3.25. The molecule has 1 aliphatic heterocycles. The summed E-state index contributed by atoms with van der Waals surface area (Å²) >= 11 is 7.62. The van der Waals surface area contributed by atoms with Crippen LogP contribution in [0.15, 0.2) is 53.3 Å². The molecule has 1 amide bonds. The van der Waals surface area contributed by atoms with E-state index in [-0.39, 0.29) is 11.3 Å². The third kappa shape index (κ3) is 3.32. The minimum atomic E-state index is -0.0442. The SMILES string of the molecule is O=C1CSC(c2ccco2)N1CCNc1ccnc2cc(Cl)ccc12. The number of benzene rings is 1. The number of carbonyl (C=O) groups excluding carboxylic acids is 1. The Labute approximate surface area is 154 Å². The molecule has 5 nitrogen and oxygen atoms in total. The molecule has 4 rings (SSSR count). The highest BCUT2D eigenvalue weighted by Gasteiger charge is 2.34. The average molecular weight is 374 g/mol. The Hall–Kier alpha value is -2.18. The molecule has 1 aromatic carbocycles. The van der Waals surface area contributed by atoms with E-state index in [2.05, 4.69) is 10.3 Å². The summed E-state index contributed by atoms with van der Waals surface area (Å²) in [6.45, 7) is 1.25. The molecule has 1 atom stereocenters. The van der Waals surface area contributed by atoms with Crippen LogP contribution in [0.5, 0.6) is 0 Å². The quantitative estimate of drug-likeness (QED) is 0.727. The fourth-order valence-electron chi connectivity index (χ4n) is 2.95. The molecule has 25 heavy (non-hydrogen) atoms. The first-order chi connectivity index (χ1) is 12.2. The van der Waals surface area contributed by atoms with Gasteiger partial charge in [0.1, 0.15) is 11.1 Å². The Morgan fingerprint density at radius 2 is 2.28 bits per heavy atom. The van der Waals surface area contributed by atoms with Gasteiger partial charge in [-0.15, -0.1) is 11.8 Å². The molecular formula is C18H16ClN3O2S. The van der Waals surface area contributed by atoms with Gasteiger partial charge in [-0.3, -0.25) is 9.78 Å². The van der Waals surface area contributed by atoms with Crippen LogP contribution in [0.4, 0.5) is 5.69 Å². The zero-order valence-electron chi connectivity index (χ0n) is 13.3. The van der Waals surface area contributed by atoms with Gasteiger partial charge in [0.15, 0.2) is 0 Å². The number of rotatable bonds is 5. The first kappa shape index (κ1) is 16.3. The first-order valence-electron chi connectivity index (χ1n) is 7.95. The second kappa shape index (κ2) is 6.98. The van der Waals surface area contributed by atoms with E-state index >= 15 is 0 Å². The molecule has 3 aromatic rings. The maximum absolute atomic E-state index is 12.2. The Morgan fingerprint density at radius 1 is 1.36 bits per heavy atom. The monoisotopic (exact) mass is 373 g/mol. The van der Waals surface area contributed by atoms with Crippen LogP contribution in [-0.4, -0.2) is 34.6 Å². The van der Waals surface area contributed by atoms with Crippen LogP contribution >= 0.6 is 23.4 Å². The topological polar surface area (TPSA) is 58.4 Å². The lowest BCUT2D eigenvalue weighted by atomic mass is 10.2. The molecule has 3 heterocycles. The van der Waals surface area contributed by atoms with Gasteiger partial charge in [0.2, 0.25) is 5.91 Å². The molecule has 1 unspecified atom stereocenters. The summed E-state index contributed by atoms with van der Waals surface area (Å²) < 4.78 is 5.47. The minimum absolute atomic E-state index is 0.0442. The number of fused-ring (bicyclic) bond motifs is 1. The molecule has 0 aliphatic carbocycles. The Kier molecular flexibility index (Phi) is 4.55. The lowest BCUT2D eigenvalue weighted by Gasteiger charge is -2.22. The summed E-state index contributed by atoms with van der Waals surface area (Å²) in [5, 5.41) is 5.04. The van der Waals surface area contributed by atoms with Crippen molar-refractivity contribution in [3.63, 3.8) is 0 Å². The van der Waals surface area contributed by atoms with Crippen molar-refractivity contribution < 1.29 is 9.21 Å². The van der Waals surface area contributed by atoms with E-state index in [9.17, 15) is 4.79 Å². The van der Waals surface area contributed by atoms with Gasteiger partial charge in [-0.25, -0.2) is 0 Å². The van der Waals surface area contributed by atoms with Crippen LogP contribution in [0.25, 0.3) is 10.9 Å². The largest absolute Gasteiger partial charge is 0.466 e. The number of furan rings is 1. The lowest BCUT2D eigenvalue weighted by Crippen LogP contribution is -2.32. The van der Waals surface area contributed by atoms with E-state index in [1.807, 2.05) is 41.3 Å². The molecule has 1 N–H and O–H groups in total. The number of aromatic nitrogens is 1. The third-order valence-electron chi connectivity index (χ3n) is 4.13. The molecule has 1 saturated heterocycles. The van der Waals surface area contributed by atoms with Crippen LogP contribution in [-0.2, 0) is 4.79 Å². The number of carbonyl (C=O) groups is 1. The zero-order chi connectivity index (χ0) is 17.2. The van der Waals surface area contributed by atoms with Gasteiger partial charge in [0.25, 0.3) is 0 Å². The number of hydrogen-bond acceptors (Lipinski definition) is 5. The molecule has 0 radical (unpaired) electrons. The maximum atomic E-state index is 12.2. The van der Waals surface area contributed by atoms with E-state index in [0.717, 1.165) is 22.4 Å². The predicted molar refractivity (Wildman–Crippen MR) is 101 cm³/mol. The second-order valence-corrected chi connectivity index (χ2v) is 7.22. The zero-order valence-corrected chi connectivity index (χ0v) is 14.9. The van der Waals surface area contributed by atoms with E-state index in [4.69, 9.17) is 16.0 Å². The van der Waals surface area contributed by atoms with Gasteiger partial charge in [-0.1, -0.05) is 11.6 Å². The number of nitrogens with zero attached hydrogens (tertiary/aromatic N) is 2. The minimum Gasteiger partial charge on any atom is -0.466 e. The molecule has 0 bridgehead atoms. The summed E-state index contributed by atoms with van der Waals surface area (Å²) in [5.74, 6) is 1.45. The summed E-state index contributed by atoms with van der Waals surface area (Å²) in [5.41, 5.74) is 1.83. The van der Waals surface area contributed by atoms with Gasteiger partial charge >= 0.3 is 0 Å². The number of hydrogen-bond donors (Lipinski definition) is 1. The molecular weight excluding hydrogens is 358 g/mol. The molecule has 0 saturated carbocycles. The van der Waals surface area contributed by atoms with E-state index in [1.54, 1.807) is 24.2 Å². The van der Waals surface area contributed by atoms with Gasteiger partial charge < -0.3 is 14.6 Å². The van der Waals surface area contributed by atoms with Crippen molar-refractivity contribution in [1.29, 1.82) is 0 Å². The van der Waals surface area contributed by atoms with Gasteiger partial charge in [0, 0.05) is 35.4 Å². The van der Waals surface area contributed by atoms with E-state index in [1.165, 1.54) is 0 Å². The molecule has 2 aromatic heterocycles. The third-order valence-corrected chi connectivity index (χ3v) is 5.58. The molecule has 1 fully saturated rings. The van der Waals surface area contributed by atoms with E-state index < -0.39 is 0 Å². The van der Waals surface area contributed by atoms with Crippen LogP contribution in [0.2, 0.25) is 5.02 Å². The van der Waals surface area contributed by atoms with Crippen molar-refractivity contribution >= 4 is 45.9 Å². The smallest absolute Gasteiger partial charge is 0.233 e. The van der Waals surface area contributed by atoms with Crippen LogP contribution in [0.1, 0.15) is 11.1 Å². The van der Waals surface area contributed by atoms with Gasteiger partial charge in [-0.2, -0.15) is 0 Å². The van der Waals surface area contributed by atoms with Crippen molar-refractivity contribution in [1.82, 2.24) is 9.88 Å². The first-order valence-corrected chi connectivity index (χ1v) is 9.38. The second-order valence-electron chi connectivity index (χ2n) is 5.71. The molecule has 128 valence electrons. The highest BCUT2D eigenvalue weighted by molar-refractivity contribution is 8.00. The normalized spacial score (nSPS) is 17.4. The number of amides is 1. The fourth-order valence-corrected chi connectivity index (χ4v) is 4.28. The van der Waals surface area contributed by atoms with Gasteiger partial charge in [-0.05, 0) is 36.4 Å². The lowest BCUT2D eigenvalue weighted by molar-refractivity contribution is -0.128. The van der Waals surface area contributed by atoms with E-state index in [0.29, 0.717) is 23.9 Å². The Balaban J connectivity index is 1.46. The maximum Gasteiger partial charge on any atom is 0.233 e. The molecule has 0 spiro atoms. The standard InChI is InChI=1S/C18H16ClN3O2S/c19-12-3-4-13-14(5-6-20-15(13)10-12)21-7-8-22-17(23)11-25-18(22)16-2-1-9-24-16/h1-6,9-10,18H,7-8,11H2,(H,20,21). The van der Waals surface area contributed by atoms with Gasteiger partial charge in [0.05, 0.1) is 17.5 Å². The highest BCUT2D eigenvalue weighted by Crippen LogP contribution is 2.38.